The summed E-state index contributed by atoms with van der Waals surface area (Å²) in [5.41, 5.74) is 4.72. The van der Waals surface area contributed by atoms with Crippen LogP contribution in [-0.2, 0) is 12.3 Å². The number of nitrogens with zero attached hydrogens (tertiary/aromatic N) is 2. The summed E-state index contributed by atoms with van der Waals surface area (Å²) < 4.78 is 2.52. The van der Waals surface area contributed by atoms with E-state index in [1.165, 1.54) is 28.0 Å². The van der Waals surface area contributed by atoms with Crippen molar-refractivity contribution in [2.24, 2.45) is 0 Å². The normalized spacial score (nSPS) is 11.2. The van der Waals surface area contributed by atoms with Gasteiger partial charge in [0.2, 0.25) is 0 Å². The van der Waals surface area contributed by atoms with Crippen LogP contribution in [0.3, 0.4) is 0 Å². The number of aromatic nitrogens is 2. The molecule has 3 rings (SSSR count). The maximum Gasteiger partial charge on any atom is 0.272 e. The predicted octanol–water partition coefficient (Wildman–Crippen LogP) is 4.39. The zero-order valence-corrected chi connectivity index (χ0v) is 14.6. The van der Waals surface area contributed by atoms with Gasteiger partial charge in [0.25, 0.3) is 5.56 Å². The minimum absolute atomic E-state index is 0.0750. The van der Waals surface area contributed by atoms with Crippen LogP contribution >= 0.6 is 23.1 Å². The molecule has 3 nitrogen and oxygen atoms in total. The first-order chi connectivity index (χ1) is 10.6. The lowest BCUT2D eigenvalue weighted by Crippen LogP contribution is -2.21. The molecule has 1 aromatic carbocycles. The Morgan fingerprint density at radius 3 is 2.86 bits per heavy atom. The summed E-state index contributed by atoms with van der Waals surface area (Å²) in [5.74, 6) is 0.829. The lowest BCUT2D eigenvalue weighted by Gasteiger charge is -2.11. The monoisotopic (exact) mass is 330 g/mol. The van der Waals surface area contributed by atoms with Gasteiger partial charge in [-0.2, -0.15) is 0 Å². The Kier molecular flexibility index (Phi) is 4.36. The van der Waals surface area contributed by atoms with Crippen LogP contribution in [0.2, 0.25) is 0 Å². The van der Waals surface area contributed by atoms with E-state index in [2.05, 4.69) is 37.0 Å². The number of thiophene rings is 1. The van der Waals surface area contributed by atoms with Gasteiger partial charge in [0.1, 0.15) is 4.70 Å². The maximum absolute atomic E-state index is 12.5. The second-order valence-corrected chi connectivity index (χ2v) is 7.16. The molecule has 0 radical (unpaired) electrons. The van der Waals surface area contributed by atoms with E-state index in [4.69, 9.17) is 0 Å². The number of benzene rings is 1. The van der Waals surface area contributed by atoms with Gasteiger partial charge in [0, 0.05) is 12.3 Å². The Bertz CT molecular complexity index is 880. The van der Waals surface area contributed by atoms with Crippen LogP contribution in [0.5, 0.6) is 0 Å². The Balaban J connectivity index is 1.96. The van der Waals surface area contributed by atoms with Gasteiger partial charge >= 0.3 is 0 Å². The SMILES string of the molecule is CCn1c(SCc2cc(C)ccc2C)nc2ccsc2c1=O. The summed E-state index contributed by atoms with van der Waals surface area (Å²) in [5, 5.41) is 2.73. The van der Waals surface area contributed by atoms with Crippen molar-refractivity contribution in [3.8, 4) is 0 Å². The van der Waals surface area contributed by atoms with E-state index >= 15 is 0 Å². The molecule has 0 atom stereocenters. The number of aryl methyl sites for hydroxylation is 2. The fraction of sp³-hybridized carbons (Fsp3) is 0.294. The smallest absolute Gasteiger partial charge is 0.272 e. The quantitative estimate of drug-likeness (QED) is 0.526. The van der Waals surface area contributed by atoms with Gasteiger partial charge in [-0.3, -0.25) is 9.36 Å². The van der Waals surface area contributed by atoms with Gasteiger partial charge in [0.05, 0.1) is 5.52 Å². The van der Waals surface area contributed by atoms with Crippen LogP contribution in [0, 0.1) is 13.8 Å². The number of fused-ring (bicyclic) bond motifs is 1. The summed E-state index contributed by atoms with van der Waals surface area (Å²) in [6.45, 7) is 6.86. The molecule has 0 aliphatic heterocycles. The molecule has 114 valence electrons. The molecule has 0 saturated carbocycles. The number of hydrogen-bond donors (Lipinski definition) is 0. The summed E-state index contributed by atoms with van der Waals surface area (Å²) in [7, 11) is 0. The molecule has 0 fully saturated rings. The van der Waals surface area contributed by atoms with E-state index in [-0.39, 0.29) is 5.56 Å². The molecule has 0 aliphatic carbocycles. The van der Waals surface area contributed by atoms with Gasteiger partial charge in [0.15, 0.2) is 5.16 Å². The van der Waals surface area contributed by atoms with Crippen LogP contribution in [0.1, 0.15) is 23.6 Å². The lowest BCUT2D eigenvalue weighted by molar-refractivity contribution is 0.635. The summed E-state index contributed by atoms with van der Waals surface area (Å²) in [6.07, 6.45) is 0. The highest BCUT2D eigenvalue weighted by molar-refractivity contribution is 7.98. The van der Waals surface area contributed by atoms with Crippen LogP contribution in [-0.4, -0.2) is 9.55 Å². The molecule has 5 heteroatoms. The van der Waals surface area contributed by atoms with Crippen LogP contribution in [0.4, 0.5) is 0 Å². The van der Waals surface area contributed by atoms with E-state index in [1.807, 2.05) is 18.4 Å². The molecule has 0 unspecified atom stereocenters. The minimum atomic E-state index is 0.0750. The van der Waals surface area contributed by atoms with Crippen molar-refractivity contribution in [2.75, 3.05) is 0 Å². The highest BCUT2D eigenvalue weighted by Crippen LogP contribution is 2.25. The van der Waals surface area contributed by atoms with Crippen LogP contribution in [0.15, 0.2) is 39.6 Å². The zero-order chi connectivity index (χ0) is 15.7. The van der Waals surface area contributed by atoms with Crippen molar-refractivity contribution in [1.82, 2.24) is 9.55 Å². The van der Waals surface area contributed by atoms with Gasteiger partial charge in [-0.05, 0) is 43.3 Å². The van der Waals surface area contributed by atoms with Gasteiger partial charge in [-0.25, -0.2) is 4.98 Å². The molecule has 0 saturated heterocycles. The first kappa shape index (κ1) is 15.3. The Morgan fingerprint density at radius 1 is 1.27 bits per heavy atom. The van der Waals surface area contributed by atoms with Gasteiger partial charge < -0.3 is 0 Å². The number of hydrogen-bond acceptors (Lipinski definition) is 4. The van der Waals surface area contributed by atoms with Crippen molar-refractivity contribution >= 4 is 33.3 Å². The number of thioether (sulfide) groups is 1. The van der Waals surface area contributed by atoms with E-state index in [1.54, 1.807) is 16.3 Å². The van der Waals surface area contributed by atoms with Crippen molar-refractivity contribution in [2.45, 2.75) is 38.2 Å². The van der Waals surface area contributed by atoms with E-state index in [0.717, 1.165) is 21.1 Å². The van der Waals surface area contributed by atoms with Gasteiger partial charge in [-0.1, -0.05) is 35.5 Å². The third-order valence-corrected chi connectivity index (χ3v) is 5.63. The Hall–Kier alpha value is -1.59. The van der Waals surface area contributed by atoms with E-state index < -0.39 is 0 Å². The van der Waals surface area contributed by atoms with Crippen LogP contribution in [0.25, 0.3) is 10.2 Å². The molecule has 0 aliphatic rings. The van der Waals surface area contributed by atoms with Crippen molar-refractivity contribution in [3.05, 3.63) is 56.7 Å². The van der Waals surface area contributed by atoms with Crippen molar-refractivity contribution in [1.29, 1.82) is 0 Å². The highest BCUT2D eigenvalue weighted by atomic mass is 32.2. The standard InChI is InChI=1S/C17H18N2OS2/c1-4-19-16(20)15-14(7-8-21-15)18-17(19)22-10-13-9-11(2)5-6-12(13)3/h5-9H,4,10H2,1-3H3. The second kappa shape index (κ2) is 6.26. The lowest BCUT2D eigenvalue weighted by atomic mass is 10.1. The third kappa shape index (κ3) is 2.83. The topological polar surface area (TPSA) is 34.9 Å². The zero-order valence-electron chi connectivity index (χ0n) is 12.9. The van der Waals surface area contributed by atoms with E-state index in [0.29, 0.717) is 6.54 Å². The predicted molar refractivity (Wildman–Crippen MR) is 95.0 cm³/mol. The number of rotatable bonds is 4. The molecule has 2 heterocycles. The van der Waals surface area contributed by atoms with E-state index in [9.17, 15) is 4.79 Å². The first-order valence-electron chi connectivity index (χ1n) is 7.27. The molecule has 0 bridgehead atoms. The average molecular weight is 330 g/mol. The fourth-order valence-electron chi connectivity index (χ4n) is 2.41. The molecule has 0 amide bonds. The molecule has 22 heavy (non-hydrogen) atoms. The molecule has 0 spiro atoms. The molecular formula is C17H18N2OS2. The molecular weight excluding hydrogens is 312 g/mol. The maximum atomic E-state index is 12.5. The summed E-state index contributed by atoms with van der Waals surface area (Å²) in [6, 6.07) is 8.40. The summed E-state index contributed by atoms with van der Waals surface area (Å²) >= 11 is 3.10. The van der Waals surface area contributed by atoms with Crippen molar-refractivity contribution < 1.29 is 0 Å². The largest absolute Gasteiger partial charge is 0.287 e. The Morgan fingerprint density at radius 2 is 2.09 bits per heavy atom. The molecule has 3 aromatic rings. The van der Waals surface area contributed by atoms with Gasteiger partial charge in [-0.15, -0.1) is 11.3 Å². The highest BCUT2D eigenvalue weighted by Gasteiger charge is 2.12. The summed E-state index contributed by atoms with van der Waals surface area (Å²) in [4.78, 5) is 17.2. The molecule has 2 aromatic heterocycles. The fourth-order valence-corrected chi connectivity index (χ4v) is 4.32. The Labute approximate surface area is 138 Å². The third-order valence-electron chi connectivity index (χ3n) is 3.71. The van der Waals surface area contributed by atoms with Crippen molar-refractivity contribution in [3.63, 3.8) is 0 Å². The van der Waals surface area contributed by atoms with Crippen LogP contribution < -0.4 is 5.56 Å². The minimum Gasteiger partial charge on any atom is -0.287 e. The molecule has 0 N–H and O–H groups in total. The first-order valence-corrected chi connectivity index (χ1v) is 9.13. The second-order valence-electron chi connectivity index (χ2n) is 5.30. The average Bonchev–Trinajstić information content (AvgIpc) is 2.97.